The second kappa shape index (κ2) is 11.8. The van der Waals surface area contributed by atoms with E-state index in [-0.39, 0.29) is 5.54 Å². The molecule has 3 heterocycles. The van der Waals surface area contributed by atoms with Crippen LogP contribution >= 0.6 is 0 Å². The van der Waals surface area contributed by atoms with Crippen LogP contribution in [0.5, 0.6) is 0 Å². The molecular formula is C35H42N6. The second-order valence-corrected chi connectivity index (χ2v) is 12.6. The fraction of sp³-hybridized carbons (Fsp3) is 0.400. The van der Waals surface area contributed by atoms with Gasteiger partial charge in [0.1, 0.15) is 11.9 Å². The fourth-order valence-corrected chi connectivity index (χ4v) is 6.76. The van der Waals surface area contributed by atoms with Crippen LogP contribution in [0.15, 0.2) is 78.3 Å². The number of aryl methyl sites for hydroxylation is 1. The fourth-order valence-electron chi connectivity index (χ4n) is 6.76. The highest BCUT2D eigenvalue weighted by Crippen LogP contribution is 2.45. The first kappa shape index (κ1) is 28.4. The van der Waals surface area contributed by atoms with E-state index < -0.39 is 0 Å². The van der Waals surface area contributed by atoms with Crippen molar-refractivity contribution in [2.24, 2.45) is 17.8 Å². The van der Waals surface area contributed by atoms with E-state index in [2.05, 4.69) is 98.4 Å². The molecule has 5 rings (SSSR count). The molecule has 41 heavy (non-hydrogen) atoms. The number of benzene rings is 1. The number of nitriles is 1. The van der Waals surface area contributed by atoms with Gasteiger partial charge in [-0.2, -0.15) is 5.26 Å². The highest BCUT2D eigenvalue weighted by Gasteiger charge is 2.47. The van der Waals surface area contributed by atoms with Gasteiger partial charge < -0.3 is 20.9 Å². The predicted octanol–water partition coefficient (Wildman–Crippen LogP) is 6.99. The molecule has 1 saturated heterocycles. The van der Waals surface area contributed by atoms with Crippen LogP contribution < -0.4 is 15.5 Å². The van der Waals surface area contributed by atoms with E-state index in [4.69, 9.17) is 10.4 Å². The Labute approximate surface area is 245 Å². The van der Waals surface area contributed by atoms with Crippen molar-refractivity contribution in [3.05, 3.63) is 95.0 Å². The average molecular weight is 547 g/mol. The van der Waals surface area contributed by atoms with Gasteiger partial charge in [-0.15, -0.1) is 0 Å². The Bertz CT molecular complexity index is 1440. The second-order valence-electron chi connectivity index (χ2n) is 12.6. The van der Waals surface area contributed by atoms with E-state index >= 15 is 0 Å². The number of fused-ring (bicyclic) bond motifs is 1. The maximum Gasteiger partial charge on any atom is 0.128 e. The summed E-state index contributed by atoms with van der Waals surface area (Å²) in [5.74, 6) is 2.86. The molecule has 212 valence electrons. The third-order valence-corrected chi connectivity index (χ3v) is 8.85. The first-order chi connectivity index (χ1) is 19.7. The summed E-state index contributed by atoms with van der Waals surface area (Å²) in [5.41, 5.74) is 7.56. The Hall–Kier alpha value is -4.11. The van der Waals surface area contributed by atoms with E-state index in [1.807, 2.05) is 12.4 Å². The lowest BCUT2D eigenvalue weighted by Crippen LogP contribution is -2.40. The first-order valence-electron chi connectivity index (χ1n) is 14.8. The molecule has 0 amide bonds. The lowest BCUT2D eigenvalue weighted by atomic mass is 9.93. The van der Waals surface area contributed by atoms with Crippen molar-refractivity contribution in [2.75, 3.05) is 18.0 Å². The van der Waals surface area contributed by atoms with Crippen LogP contribution in [-0.2, 0) is 0 Å². The topological polar surface area (TPSA) is 87.8 Å². The molecule has 2 unspecified atom stereocenters. The summed E-state index contributed by atoms with van der Waals surface area (Å²) in [7, 11) is 0. The molecule has 1 aliphatic carbocycles. The number of hydrogen-bond acceptors (Lipinski definition) is 6. The molecule has 2 atom stereocenters. The Morgan fingerprint density at radius 1 is 1.24 bits per heavy atom. The highest BCUT2D eigenvalue weighted by atomic mass is 15.2. The SMILES string of the molecule is C=C(NC1(C)CC2CN(c3ccc(C4=CC(CCC(C)C)=CN/C4=C(/C#N)C=N)cn3)CC2C1)c1ccccc1C. The van der Waals surface area contributed by atoms with Crippen molar-refractivity contribution < 1.29 is 0 Å². The quantitative estimate of drug-likeness (QED) is 0.233. The van der Waals surface area contributed by atoms with Crippen LogP contribution in [0.1, 0.15) is 63.1 Å². The number of pyridine rings is 1. The van der Waals surface area contributed by atoms with Gasteiger partial charge in [-0.05, 0) is 92.2 Å². The molecule has 0 radical (unpaired) electrons. The molecule has 3 N–H and O–H groups in total. The lowest BCUT2D eigenvalue weighted by molar-refractivity contribution is 0.394. The van der Waals surface area contributed by atoms with Crippen molar-refractivity contribution in [3.8, 4) is 6.07 Å². The minimum absolute atomic E-state index is 0.0510. The van der Waals surface area contributed by atoms with Crippen LogP contribution in [0.3, 0.4) is 0 Å². The third kappa shape index (κ3) is 6.15. The number of allylic oxidation sites excluding steroid dienone is 4. The summed E-state index contributed by atoms with van der Waals surface area (Å²) in [6, 6.07) is 14.8. The summed E-state index contributed by atoms with van der Waals surface area (Å²) < 4.78 is 0. The van der Waals surface area contributed by atoms with Gasteiger partial charge in [0.2, 0.25) is 0 Å². The van der Waals surface area contributed by atoms with Crippen LogP contribution in [0, 0.1) is 41.4 Å². The number of hydrogen-bond donors (Lipinski definition) is 3. The Kier molecular flexibility index (Phi) is 8.17. The molecule has 6 nitrogen and oxygen atoms in total. The maximum absolute atomic E-state index is 9.63. The Morgan fingerprint density at radius 3 is 2.59 bits per heavy atom. The van der Waals surface area contributed by atoms with Gasteiger partial charge in [0.25, 0.3) is 0 Å². The normalized spacial score (nSPS) is 24.6. The molecule has 2 aromatic rings. The van der Waals surface area contributed by atoms with E-state index in [0.29, 0.717) is 29.0 Å². The standard InChI is InChI=1S/C35H42N6/c1-23(2)10-11-26-14-32(34(39-19-26)30(17-36)18-37)27-12-13-33(38-20-27)41-21-28-15-35(5,16-29(28)22-41)40-25(4)31-9-7-6-8-24(31)3/h6-9,12-14,17,19-20,23,28-29,36,39-40H,4,10-11,15-16,21-22H2,1-3,5H3/b34-30+,36-17?. The molecule has 6 heteroatoms. The summed E-state index contributed by atoms with van der Waals surface area (Å²) >= 11 is 0. The van der Waals surface area contributed by atoms with E-state index in [1.165, 1.54) is 16.7 Å². The first-order valence-corrected chi connectivity index (χ1v) is 14.8. The minimum Gasteiger partial charge on any atom is -0.380 e. The smallest absolute Gasteiger partial charge is 0.128 e. The summed E-state index contributed by atoms with van der Waals surface area (Å²) in [6.45, 7) is 15.3. The average Bonchev–Trinajstić information content (AvgIpc) is 3.48. The molecule has 1 aromatic heterocycles. The van der Waals surface area contributed by atoms with Crippen molar-refractivity contribution in [1.82, 2.24) is 15.6 Å². The summed E-state index contributed by atoms with van der Waals surface area (Å²) in [5, 5.41) is 24.5. The summed E-state index contributed by atoms with van der Waals surface area (Å²) in [4.78, 5) is 7.31. The molecule has 2 aliphatic heterocycles. The number of rotatable bonds is 9. The zero-order chi connectivity index (χ0) is 29.1. The van der Waals surface area contributed by atoms with Crippen LogP contribution in [0.4, 0.5) is 5.82 Å². The van der Waals surface area contributed by atoms with Crippen molar-refractivity contribution in [1.29, 1.82) is 10.7 Å². The van der Waals surface area contributed by atoms with Crippen LogP contribution in [-0.4, -0.2) is 29.8 Å². The van der Waals surface area contributed by atoms with E-state index in [1.54, 1.807) is 0 Å². The molecule has 0 bridgehead atoms. The van der Waals surface area contributed by atoms with Crippen LogP contribution in [0.2, 0.25) is 0 Å². The van der Waals surface area contributed by atoms with Crippen molar-refractivity contribution in [2.45, 2.75) is 58.9 Å². The van der Waals surface area contributed by atoms with Gasteiger partial charge in [-0.1, -0.05) is 44.7 Å². The largest absolute Gasteiger partial charge is 0.380 e. The zero-order valence-electron chi connectivity index (χ0n) is 24.8. The third-order valence-electron chi connectivity index (χ3n) is 8.85. The minimum atomic E-state index is 0.0510. The van der Waals surface area contributed by atoms with Crippen molar-refractivity contribution in [3.63, 3.8) is 0 Å². The predicted molar refractivity (Wildman–Crippen MR) is 169 cm³/mol. The van der Waals surface area contributed by atoms with E-state index in [9.17, 15) is 5.26 Å². The monoisotopic (exact) mass is 546 g/mol. The van der Waals surface area contributed by atoms with E-state index in [0.717, 1.165) is 67.6 Å². The Balaban J connectivity index is 1.27. The van der Waals surface area contributed by atoms with Gasteiger partial charge in [0.15, 0.2) is 0 Å². The van der Waals surface area contributed by atoms with Gasteiger partial charge in [-0.25, -0.2) is 4.98 Å². The molecular weight excluding hydrogens is 504 g/mol. The summed E-state index contributed by atoms with van der Waals surface area (Å²) in [6.07, 6.45) is 11.4. The van der Waals surface area contributed by atoms with Gasteiger partial charge in [0, 0.05) is 54.1 Å². The van der Waals surface area contributed by atoms with Gasteiger partial charge in [-0.3, -0.25) is 0 Å². The van der Waals surface area contributed by atoms with Crippen LogP contribution in [0.25, 0.3) is 11.3 Å². The molecule has 2 fully saturated rings. The van der Waals surface area contributed by atoms with Gasteiger partial charge in [0.05, 0.1) is 11.3 Å². The zero-order valence-corrected chi connectivity index (χ0v) is 24.8. The number of aromatic nitrogens is 1. The molecule has 1 aromatic carbocycles. The number of nitrogens with zero attached hydrogens (tertiary/aromatic N) is 3. The number of nitrogens with one attached hydrogen (secondary N) is 3. The number of anilines is 1. The Morgan fingerprint density at radius 2 is 1.98 bits per heavy atom. The maximum atomic E-state index is 9.63. The molecule has 0 spiro atoms. The van der Waals surface area contributed by atoms with Crippen molar-refractivity contribution >= 4 is 23.3 Å². The number of dihydropyridines is 1. The highest BCUT2D eigenvalue weighted by molar-refractivity contribution is 5.93. The molecule has 1 saturated carbocycles. The van der Waals surface area contributed by atoms with Gasteiger partial charge >= 0.3 is 0 Å². The lowest BCUT2D eigenvalue weighted by Gasteiger charge is -2.31. The molecule has 3 aliphatic rings.